The zero-order valence-corrected chi connectivity index (χ0v) is 23.8. The summed E-state index contributed by atoms with van der Waals surface area (Å²) in [6.45, 7) is 0. The van der Waals surface area contributed by atoms with Crippen molar-refractivity contribution in [3.05, 3.63) is 133 Å². The molecule has 0 radical (unpaired) electrons. The molecule has 6 aromatic rings. The number of benzene rings is 4. The van der Waals surface area contributed by atoms with Crippen molar-refractivity contribution < 1.29 is 0 Å². The Bertz CT molecular complexity index is 1470. The maximum atomic E-state index is 4.81. The van der Waals surface area contributed by atoms with Crippen molar-refractivity contribution >= 4 is 39.5 Å². The standard InChI is InChI=1S/C34H33N3PS/c1(15-25-33-36-37-27-32(35-34(37)39-33)28-17-7-3-8-18-28)2-16-26-38(29-19-9-4-10-20-29,30-21-11-5-12-22-30)31-23-13-6-14-24-31/h3-14,17-24,27H,1-2,15-16,25-26H2/q+1. The third-order valence-corrected chi connectivity index (χ3v) is 12.9. The first-order valence-corrected chi connectivity index (χ1v) is 16.6. The summed E-state index contributed by atoms with van der Waals surface area (Å²) in [5, 5.41) is 10.4. The molecule has 0 aliphatic rings. The van der Waals surface area contributed by atoms with Crippen molar-refractivity contribution in [2.45, 2.75) is 32.1 Å². The van der Waals surface area contributed by atoms with Gasteiger partial charge in [0, 0.05) is 12.0 Å². The van der Waals surface area contributed by atoms with Crippen LogP contribution in [0.15, 0.2) is 128 Å². The molecule has 0 unspecified atom stereocenters. The first kappa shape index (κ1) is 25.7. The Balaban J connectivity index is 1.12. The molecule has 4 aromatic carbocycles. The number of aromatic nitrogens is 3. The van der Waals surface area contributed by atoms with Crippen LogP contribution in [0, 0.1) is 0 Å². The molecule has 5 heteroatoms. The molecule has 0 bridgehead atoms. The molecular formula is C34H33N3PS+. The van der Waals surface area contributed by atoms with Crippen molar-refractivity contribution in [1.29, 1.82) is 0 Å². The molecule has 2 aromatic heterocycles. The van der Waals surface area contributed by atoms with Crippen molar-refractivity contribution in [2.24, 2.45) is 0 Å². The van der Waals surface area contributed by atoms with Gasteiger partial charge < -0.3 is 0 Å². The molecule has 194 valence electrons. The molecule has 0 amide bonds. The summed E-state index contributed by atoms with van der Waals surface area (Å²) >= 11 is 1.72. The van der Waals surface area contributed by atoms with Gasteiger partial charge in [-0.2, -0.15) is 5.10 Å². The van der Waals surface area contributed by atoms with Crippen LogP contribution in [0.4, 0.5) is 0 Å². The number of aryl methyl sites for hydroxylation is 1. The van der Waals surface area contributed by atoms with E-state index < -0.39 is 7.26 Å². The minimum atomic E-state index is -1.72. The zero-order chi connectivity index (χ0) is 26.3. The number of imidazole rings is 1. The van der Waals surface area contributed by atoms with Gasteiger partial charge in [0.1, 0.15) is 28.2 Å². The molecule has 0 spiro atoms. The van der Waals surface area contributed by atoms with Crippen molar-refractivity contribution in [3.63, 3.8) is 0 Å². The molecular weight excluding hydrogens is 513 g/mol. The first-order valence-electron chi connectivity index (χ1n) is 13.8. The van der Waals surface area contributed by atoms with Gasteiger partial charge in [-0.1, -0.05) is 103 Å². The summed E-state index contributed by atoms with van der Waals surface area (Å²) in [6, 6.07) is 44.0. The lowest BCUT2D eigenvalue weighted by Crippen LogP contribution is -2.33. The van der Waals surface area contributed by atoms with Gasteiger partial charge in [0.25, 0.3) is 0 Å². The molecule has 0 fully saturated rings. The van der Waals surface area contributed by atoms with E-state index >= 15 is 0 Å². The Hall–Kier alpha value is -3.59. The van der Waals surface area contributed by atoms with Crippen LogP contribution in [0.2, 0.25) is 0 Å². The monoisotopic (exact) mass is 546 g/mol. The van der Waals surface area contributed by atoms with Gasteiger partial charge >= 0.3 is 0 Å². The van der Waals surface area contributed by atoms with E-state index in [4.69, 9.17) is 10.1 Å². The van der Waals surface area contributed by atoms with Gasteiger partial charge in [-0.05, 0) is 55.7 Å². The average molecular weight is 547 g/mol. The molecule has 0 aliphatic carbocycles. The maximum Gasteiger partial charge on any atom is 0.212 e. The number of unbranched alkanes of at least 4 members (excludes halogenated alkanes) is 3. The molecule has 0 aliphatic heterocycles. The highest BCUT2D eigenvalue weighted by atomic mass is 32.1. The largest absolute Gasteiger partial charge is 0.217 e. The summed E-state index contributed by atoms with van der Waals surface area (Å²) in [6.07, 6.45) is 9.09. The number of rotatable bonds is 11. The van der Waals surface area contributed by atoms with Crippen LogP contribution in [-0.2, 0) is 6.42 Å². The van der Waals surface area contributed by atoms with Crippen molar-refractivity contribution in [3.8, 4) is 11.3 Å². The smallest absolute Gasteiger partial charge is 0.212 e. The van der Waals surface area contributed by atoms with Gasteiger partial charge in [-0.25, -0.2) is 9.50 Å². The SMILES string of the molecule is c1ccc(-c2cn3nc(CCCCCC[P+](c4ccccc4)(c4ccccc4)c4ccccc4)sc3n2)cc1. The van der Waals surface area contributed by atoms with E-state index in [0.29, 0.717) is 0 Å². The minimum absolute atomic E-state index is 0.979. The van der Waals surface area contributed by atoms with Crippen LogP contribution in [0.5, 0.6) is 0 Å². The Morgan fingerprint density at radius 3 is 1.64 bits per heavy atom. The zero-order valence-electron chi connectivity index (χ0n) is 22.1. The molecule has 0 saturated heterocycles. The van der Waals surface area contributed by atoms with Gasteiger partial charge in [0.2, 0.25) is 4.96 Å². The minimum Gasteiger partial charge on any atom is -0.217 e. The van der Waals surface area contributed by atoms with Crippen LogP contribution in [0.1, 0.15) is 30.7 Å². The summed E-state index contributed by atoms with van der Waals surface area (Å²) in [4.78, 5) is 5.78. The van der Waals surface area contributed by atoms with E-state index in [0.717, 1.165) is 29.1 Å². The van der Waals surface area contributed by atoms with Crippen molar-refractivity contribution in [1.82, 2.24) is 14.6 Å². The van der Waals surface area contributed by atoms with Crippen LogP contribution < -0.4 is 15.9 Å². The van der Waals surface area contributed by atoms with E-state index in [1.54, 1.807) is 11.3 Å². The highest BCUT2D eigenvalue weighted by Gasteiger charge is 2.44. The molecule has 0 atom stereocenters. The average Bonchev–Trinajstić information content (AvgIpc) is 3.58. The number of hydrogen-bond donors (Lipinski definition) is 0. The van der Waals surface area contributed by atoms with E-state index in [1.807, 2.05) is 28.9 Å². The fourth-order valence-corrected chi connectivity index (χ4v) is 10.8. The summed E-state index contributed by atoms with van der Waals surface area (Å²) in [7, 11) is -1.72. The van der Waals surface area contributed by atoms with Crippen LogP contribution >= 0.6 is 18.6 Å². The van der Waals surface area contributed by atoms with Gasteiger partial charge in [-0.3, -0.25) is 0 Å². The van der Waals surface area contributed by atoms with E-state index in [9.17, 15) is 0 Å². The highest BCUT2D eigenvalue weighted by Crippen LogP contribution is 2.56. The fourth-order valence-electron chi connectivity index (χ4n) is 5.45. The van der Waals surface area contributed by atoms with Crippen molar-refractivity contribution in [2.75, 3.05) is 6.16 Å². The lowest BCUT2D eigenvalue weighted by Gasteiger charge is -2.27. The van der Waals surface area contributed by atoms with E-state index in [1.165, 1.54) is 46.3 Å². The number of fused-ring (bicyclic) bond motifs is 1. The second-order valence-corrected chi connectivity index (χ2v) is 14.6. The summed E-state index contributed by atoms with van der Waals surface area (Å²) in [5.41, 5.74) is 2.13. The van der Waals surface area contributed by atoms with Crippen LogP contribution in [0.3, 0.4) is 0 Å². The Labute approximate surface area is 235 Å². The topological polar surface area (TPSA) is 30.2 Å². The second-order valence-electron chi connectivity index (χ2n) is 9.92. The molecule has 0 N–H and O–H groups in total. The highest BCUT2D eigenvalue weighted by molar-refractivity contribution is 7.95. The predicted octanol–water partition coefficient (Wildman–Crippen LogP) is 7.55. The lowest BCUT2D eigenvalue weighted by atomic mass is 10.2. The number of hydrogen-bond acceptors (Lipinski definition) is 3. The molecule has 39 heavy (non-hydrogen) atoms. The Morgan fingerprint density at radius 1 is 0.590 bits per heavy atom. The van der Waals surface area contributed by atoms with Crippen LogP contribution in [-0.4, -0.2) is 20.8 Å². The van der Waals surface area contributed by atoms with E-state index in [2.05, 4.69) is 103 Å². The maximum absolute atomic E-state index is 4.81. The molecule has 6 rings (SSSR count). The van der Waals surface area contributed by atoms with Gasteiger partial charge in [-0.15, -0.1) is 0 Å². The lowest BCUT2D eigenvalue weighted by molar-refractivity contribution is 0.663. The third kappa shape index (κ3) is 5.59. The first-order chi connectivity index (χ1) is 19.3. The predicted molar refractivity (Wildman–Crippen MR) is 168 cm³/mol. The second kappa shape index (κ2) is 12.1. The quantitative estimate of drug-likeness (QED) is 0.124. The molecule has 3 nitrogen and oxygen atoms in total. The third-order valence-electron chi connectivity index (χ3n) is 7.38. The molecule has 2 heterocycles. The number of nitrogens with zero attached hydrogens (tertiary/aromatic N) is 3. The normalized spacial score (nSPS) is 11.7. The van der Waals surface area contributed by atoms with E-state index in [-0.39, 0.29) is 0 Å². The Morgan fingerprint density at radius 2 is 1.10 bits per heavy atom. The fraction of sp³-hybridized carbons (Fsp3) is 0.176. The van der Waals surface area contributed by atoms with Gasteiger partial charge in [0.15, 0.2) is 0 Å². The molecule has 0 saturated carbocycles. The summed E-state index contributed by atoms with van der Waals surface area (Å²) < 4.78 is 1.95. The van der Waals surface area contributed by atoms with Crippen LogP contribution in [0.25, 0.3) is 16.2 Å². The Kier molecular flexibility index (Phi) is 7.95. The summed E-state index contributed by atoms with van der Waals surface area (Å²) in [5.74, 6) is 0. The van der Waals surface area contributed by atoms with Gasteiger partial charge in [0.05, 0.1) is 18.1 Å².